The zero-order chi connectivity index (χ0) is 14.9. The lowest BCUT2D eigenvalue weighted by atomic mass is 10.2. The molecule has 2 aliphatic carbocycles. The minimum Gasteiger partial charge on any atom is -0.366 e. The predicted molar refractivity (Wildman–Crippen MR) is 92.1 cm³/mol. The second kappa shape index (κ2) is 5.88. The molecule has 0 saturated heterocycles. The molecule has 114 valence electrons. The fourth-order valence-corrected chi connectivity index (χ4v) is 2.68. The summed E-state index contributed by atoms with van der Waals surface area (Å²) < 4.78 is 1.10. The van der Waals surface area contributed by atoms with E-state index in [1.165, 1.54) is 36.9 Å². The molecule has 0 radical (unpaired) electrons. The molecule has 2 saturated carbocycles. The van der Waals surface area contributed by atoms with Crippen LogP contribution >= 0.6 is 15.9 Å². The monoisotopic (exact) mass is 358 g/mol. The third kappa shape index (κ3) is 3.58. The van der Waals surface area contributed by atoms with Gasteiger partial charge in [-0.2, -0.15) is 4.98 Å². The first-order chi connectivity index (χ1) is 10.8. The second-order valence-electron chi connectivity index (χ2n) is 6.17. The Morgan fingerprint density at radius 2 is 1.82 bits per heavy atom. The van der Waals surface area contributed by atoms with Gasteiger partial charge in [0, 0.05) is 29.0 Å². The maximum Gasteiger partial charge on any atom is 0.225 e. The topological polar surface area (TPSA) is 49.8 Å². The van der Waals surface area contributed by atoms with Crippen molar-refractivity contribution in [2.24, 2.45) is 0 Å². The number of benzene rings is 1. The maximum absolute atomic E-state index is 4.67. The van der Waals surface area contributed by atoms with E-state index in [-0.39, 0.29) is 0 Å². The highest BCUT2D eigenvalue weighted by molar-refractivity contribution is 9.10. The number of hydrogen-bond acceptors (Lipinski definition) is 4. The number of hydrogen-bond donors (Lipinski definition) is 2. The van der Waals surface area contributed by atoms with Crippen LogP contribution in [0.25, 0.3) is 0 Å². The molecule has 0 bridgehead atoms. The van der Waals surface area contributed by atoms with Crippen LogP contribution in [0.5, 0.6) is 0 Å². The molecule has 1 aromatic heterocycles. The predicted octanol–water partition coefficient (Wildman–Crippen LogP) is 4.30. The van der Waals surface area contributed by atoms with E-state index in [1.807, 2.05) is 0 Å². The van der Waals surface area contributed by atoms with Crippen molar-refractivity contribution in [2.45, 2.75) is 44.2 Å². The van der Waals surface area contributed by atoms with Crippen LogP contribution in [0.15, 0.2) is 34.8 Å². The van der Waals surface area contributed by atoms with Crippen LogP contribution in [0.1, 0.15) is 42.9 Å². The van der Waals surface area contributed by atoms with Gasteiger partial charge in [0.25, 0.3) is 0 Å². The molecule has 2 aromatic rings. The van der Waals surface area contributed by atoms with Crippen LogP contribution in [0, 0.1) is 0 Å². The Labute approximate surface area is 138 Å². The smallest absolute Gasteiger partial charge is 0.225 e. The highest BCUT2D eigenvalue weighted by atomic mass is 79.9. The molecule has 1 aromatic carbocycles. The lowest BCUT2D eigenvalue weighted by Crippen LogP contribution is -2.10. The van der Waals surface area contributed by atoms with Crippen LogP contribution < -0.4 is 10.6 Å². The van der Waals surface area contributed by atoms with Gasteiger partial charge in [0.15, 0.2) is 0 Å². The third-order valence-corrected chi connectivity index (χ3v) is 4.57. The Morgan fingerprint density at radius 1 is 1.05 bits per heavy atom. The van der Waals surface area contributed by atoms with Gasteiger partial charge in [-0.3, -0.25) is 0 Å². The molecule has 0 amide bonds. The summed E-state index contributed by atoms with van der Waals surface area (Å²) in [6.45, 7) is 0.775. The van der Waals surface area contributed by atoms with Crippen molar-refractivity contribution in [3.8, 4) is 0 Å². The van der Waals surface area contributed by atoms with Gasteiger partial charge in [-0.1, -0.05) is 28.1 Å². The van der Waals surface area contributed by atoms with E-state index >= 15 is 0 Å². The van der Waals surface area contributed by atoms with Gasteiger partial charge in [-0.25, -0.2) is 4.98 Å². The van der Waals surface area contributed by atoms with Gasteiger partial charge in [0.05, 0.1) is 5.69 Å². The molecule has 2 fully saturated rings. The Morgan fingerprint density at radius 3 is 2.50 bits per heavy atom. The van der Waals surface area contributed by atoms with Crippen LogP contribution in [0.3, 0.4) is 0 Å². The van der Waals surface area contributed by atoms with E-state index < -0.39 is 0 Å². The number of rotatable bonds is 6. The van der Waals surface area contributed by atoms with Crippen LogP contribution in [-0.2, 0) is 6.54 Å². The van der Waals surface area contributed by atoms with Crippen LogP contribution in [0.2, 0.25) is 0 Å². The molecule has 4 rings (SSSR count). The highest BCUT2D eigenvalue weighted by Gasteiger charge is 2.27. The quantitative estimate of drug-likeness (QED) is 0.807. The first-order valence-electron chi connectivity index (χ1n) is 7.90. The molecule has 2 aliphatic rings. The minimum absolute atomic E-state index is 0.578. The Kier molecular flexibility index (Phi) is 3.74. The van der Waals surface area contributed by atoms with Crippen molar-refractivity contribution in [1.82, 2.24) is 9.97 Å². The summed E-state index contributed by atoms with van der Waals surface area (Å²) in [4.78, 5) is 9.29. The summed E-state index contributed by atoms with van der Waals surface area (Å²) >= 11 is 3.46. The van der Waals surface area contributed by atoms with E-state index in [0.717, 1.165) is 22.8 Å². The molecular formula is C17H19BrN4. The first-order valence-corrected chi connectivity index (χ1v) is 8.69. The van der Waals surface area contributed by atoms with Crippen molar-refractivity contribution < 1.29 is 0 Å². The van der Waals surface area contributed by atoms with Gasteiger partial charge in [0.1, 0.15) is 5.82 Å². The fraction of sp³-hybridized carbons (Fsp3) is 0.412. The molecule has 0 unspecified atom stereocenters. The minimum atomic E-state index is 0.578. The number of halogens is 1. The summed E-state index contributed by atoms with van der Waals surface area (Å²) in [7, 11) is 0. The van der Waals surface area contributed by atoms with E-state index in [2.05, 4.69) is 66.9 Å². The maximum atomic E-state index is 4.67. The number of anilines is 2. The summed E-state index contributed by atoms with van der Waals surface area (Å²) in [6.07, 6.45) is 4.98. The summed E-state index contributed by atoms with van der Waals surface area (Å²) in [5, 5.41) is 6.85. The third-order valence-electron chi connectivity index (χ3n) is 4.04. The summed E-state index contributed by atoms with van der Waals surface area (Å²) in [6, 6.07) is 11.0. The molecule has 4 nitrogen and oxygen atoms in total. The molecule has 22 heavy (non-hydrogen) atoms. The Bertz CT molecular complexity index is 663. The van der Waals surface area contributed by atoms with Crippen molar-refractivity contribution in [1.29, 1.82) is 0 Å². The lowest BCUT2D eigenvalue weighted by Gasteiger charge is -2.11. The molecule has 2 N–H and O–H groups in total. The Hall–Kier alpha value is -1.62. The van der Waals surface area contributed by atoms with Gasteiger partial charge in [0.2, 0.25) is 5.95 Å². The zero-order valence-electron chi connectivity index (χ0n) is 12.3. The standard InChI is InChI=1S/C17H19BrN4/c18-13-5-1-11(2-6-13)10-19-16-9-15(12-3-4-12)21-17(22-16)20-14-7-8-14/h1-2,5-6,9,12,14H,3-4,7-8,10H2,(H2,19,20,21,22). The van der Waals surface area contributed by atoms with Gasteiger partial charge >= 0.3 is 0 Å². The van der Waals surface area contributed by atoms with Crippen LogP contribution in [0.4, 0.5) is 11.8 Å². The normalized spacial score (nSPS) is 17.3. The molecular weight excluding hydrogens is 340 g/mol. The summed E-state index contributed by atoms with van der Waals surface area (Å²) in [5.41, 5.74) is 2.42. The van der Waals surface area contributed by atoms with Crippen molar-refractivity contribution in [3.63, 3.8) is 0 Å². The first kappa shape index (κ1) is 14.0. The van der Waals surface area contributed by atoms with Gasteiger partial charge < -0.3 is 10.6 Å². The largest absolute Gasteiger partial charge is 0.366 e. The van der Waals surface area contributed by atoms with Crippen molar-refractivity contribution >= 4 is 27.7 Å². The second-order valence-corrected chi connectivity index (χ2v) is 7.09. The average molecular weight is 359 g/mol. The van der Waals surface area contributed by atoms with Crippen molar-refractivity contribution in [2.75, 3.05) is 10.6 Å². The van der Waals surface area contributed by atoms with Crippen molar-refractivity contribution in [3.05, 3.63) is 46.1 Å². The molecule has 1 heterocycles. The molecule has 0 spiro atoms. The SMILES string of the molecule is Brc1ccc(CNc2cc(C3CC3)nc(NC3CC3)n2)cc1. The highest BCUT2D eigenvalue weighted by Crippen LogP contribution is 2.40. The zero-order valence-corrected chi connectivity index (χ0v) is 13.9. The van der Waals surface area contributed by atoms with E-state index in [9.17, 15) is 0 Å². The number of nitrogens with one attached hydrogen (secondary N) is 2. The molecule has 5 heteroatoms. The lowest BCUT2D eigenvalue weighted by molar-refractivity contribution is 0.958. The van der Waals surface area contributed by atoms with Gasteiger partial charge in [-0.15, -0.1) is 0 Å². The van der Waals surface area contributed by atoms with Crippen LogP contribution in [-0.4, -0.2) is 16.0 Å². The number of nitrogens with zero attached hydrogens (tertiary/aromatic N) is 2. The Balaban J connectivity index is 1.49. The molecule has 0 atom stereocenters. The van der Waals surface area contributed by atoms with E-state index in [0.29, 0.717) is 12.0 Å². The van der Waals surface area contributed by atoms with E-state index in [1.54, 1.807) is 0 Å². The van der Waals surface area contributed by atoms with E-state index in [4.69, 9.17) is 0 Å². The molecule has 0 aliphatic heterocycles. The average Bonchev–Trinajstić information content (AvgIpc) is 3.40. The number of aromatic nitrogens is 2. The summed E-state index contributed by atoms with van der Waals surface area (Å²) in [5.74, 6) is 2.34. The fourth-order valence-electron chi connectivity index (χ4n) is 2.41. The van der Waals surface area contributed by atoms with Gasteiger partial charge in [-0.05, 0) is 43.4 Å².